The predicted molar refractivity (Wildman–Crippen MR) is 64.6 cm³/mol. The van der Waals surface area contributed by atoms with Crippen LogP contribution in [0.25, 0.3) is 0 Å². The van der Waals surface area contributed by atoms with Crippen LogP contribution in [0.5, 0.6) is 0 Å². The molecule has 0 saturated carbocycles. The van der Waals surface area contributed by atoms with E-state index in [1.165, 1.54) is 5.56 Å². The van der Waals surface area contributed by atoms with Gasteiger partial charge in [0.05, 0.1) is 0 Å². The summed E-state index contributed by atoms with van der Waals surface area (Å²) in [6.07, 6.45) is 4.15. The summed E-state index contributed by atoms with van der Waals surface area (Å²) in [5.74, 6) is 0. The molecule has 1 aromatic carbocycles. The Kier molecular flexibility index (Phi) is 4.44. The van der Waals surface area contributed by atoms with Gasteiger partial charge >= 0.3 is 36.4 Å². The van der Waals surface area contributed by atoms with Crippen molar-refractivity contribution in [2.24, 2.45) is 0 Å². The van der Waals surface area contributed by atoms with Crippen LogP contribution in [0.1, 0.15) is 5.56 Å². The van der Waals surface area contributed by atoms with Crippen LogP contribution in [-0.4, -0.2) is 19.5 Å². The van der Waals surface area contributed by atoms with Crippen molar-refractivity contribution in [1.29, 1.82) is 0 Å². The molecule has 0 atom stereocenters. The first-order valence-electron chi connectivity index (χ1n) is 5.44. The summed E-state index contributed by atoms with van der Waals surface area (Å²) in [6.45, 7) is 0.946. The number of hydrogen-bond donors (Lipinski definition) is 0. The summed E-state index contributed by atoms with van der Waals surface area (Å²) in [7, 11) is 0. The summed E-state index contributed by atoms with van der Waals surface area (Å²) >= 11 is -11.2. The van der Waals surface area contributed by atoms with Gasteiger partial charge in [-0.1, -0.05) is 36.4 Å². The molecule has 0 aliphatic carbocycles. The third-order valence-electron chi connectivity index (χ3n) is 1.99. The van der Waals surface area contributed by atoms with Gasteiger partial charge in [0.1, 0.15) is 0 Å². The molecule has 0 N–H and O–H groups in total. The Balaban J connectivity index is 0.000000246. The molecule has 20 heavy (non-hydrogen) atoms. The molecule has 0 aliphatic rings. The van der Waals surface area contributed by atoms with Crippen molar-refractivity contribution in [2.75, 3.05) is 0 Å². The number of rotatable bonds is 2. The van der Waals surface area contributed by atoms with Crippen molar-refractivity contribution in [3.8, 4) is 0 Å². The number of benzene rings is 1. The van der Waals surface area contributed by atoms with E-state index < -0.39 is 19.5 Å². The molecule has 8 heteroatoms. The summed E-state index contributed by atoms with van der Waals surface area (Å²) in [4.78, 5) is 0. The largest absolute Gasteiger partial charge is 0.201 e. The van der Waals surface area contributed by atoms with Gasteiger partial charge in [0, 0.05) is 17.7 Å². The topological polar surface area (TPSA) is 3.88 Å². The van der Waals surface area contributed by atoms with Crippen LogP contribution in [0, 0.1) is 0 Å². The molecule has 0 bridgehead atoms. The van der Waals surface area contributed by atoms with Crippen LogP contribution in [0.3, 0.4) is 0 Å². The molecule has 1 aromatic heterocycles. The molecule has 0 spiro atoms. The molecule has 112 valence electrons. The number of hydrogen-bond acceptors (Lipinski definition) is 0. The van der Waals surface area contributed by atoms with Gasteiger partial charge in [0.15, 0.2) is 18.9 Å². The number of aromatic nitrogens is 1. The fraction of sp³-hybridized carbons (Fsp3) is 0.0833. The second kappa shape index (κ2) is 5.28. The van der Waals surface area contributed by atoms with Crippen LogP contribution in [0.2, 0.25) is 0 Å². The third-order valence-corrected chi connectivity index (χ3v) is 1.99. The van der Waals surface area contributed by atoms with Crippen LogP contribution >= 0.6 is 0 Å². The van der Waals surface area contributed by atoms with E-state index in [0.717, 1.165) is 6.54 Å². The Morgan fingerprint density at radius 3 is 1.55 bits per heavy atom. The monoisotopic (exact) mass is 405 g/mol. The van der Waals surface area contributed by atoms with Crippen molar-refractivity contribution in [2.45, 2.75) is 6.54 Å². The summed E-state index contributed by atoms with van der Waals surface area (Å²) in [6, 6.07) is 16.6. The summed E-state index contributed by atoms with van der Waals surface area (Å²) in [5, 5.41) is 0. The van der Waals surface area contributed by atoms with Crippen LogP contribution < -0.4 is 4.57 Å². The quantitative estimate of drug-likeness (QED) is 0.401. The smallest absolute Gasteiger partial charge is 0.173 e. The third kappa shape index (κ3) is 11.8. The minimum Gasteiger partial charge on any atom is -0.201 e. The first kappa shape index (κ1) is 16.8. The average Bonchev–Trinajstić information content (AvgIpc) is 2.27. The maximum atomic E-state index is 9.93. The van der Waals surface area contributed by atoms with Crippen molar-refractivity contribution in [1.82, 2.24) is 0 Å². The van der Waals surface area contributed by atoms with Crippen LogP contribution in [-0.2, 0) is 6.54 Å². The Morgan fingerprint density at radius 1 is 0.700 bits per heavy atom. The standard InChI is InChI=1S/C12H12N.6FH.Sb/c1-3-7-12(8-4-1)11-13-9-5-2-6-10-13;;;;;;;/h1-10H,11H2;6*1H;/q+1;;;;;;;+5/p-6. The van der Waals surface area contributed by atoms with Gasteiger partial charge in [0.25, 0.3) is 0 Å². The van der Waals surface area contributed by atoms with E-state index >= 15 is 0 Å². The molecule has 0 unspecified atom stereocenters. The molecule has 1 heterocycles. The van der Waals surface area contributed by atoms with Gasteiger partial charge in [-0.2, -0.15) is 0 Å². The van der Waals surface area contributed by atoms with Gasteiger partial charge in [-0.25, -0.2) is 4.57 Å². The van der Waals surface area contributed by atoms with E-state index in [0.29, 0.717) is 0 Å². The number of pyridine rings is 1. The first-order chi connectivity index (χ1) is 8.90. The van der Waals surface area contributed by atoms with Crippen molar-refractivity contribution in [3.05, 3.63) is 66.5 Å². The van der Waals surface area contributed by atoms with Gasteiger partial charge in [0.2, 0.25) is 0 Å². The van der Waals surface area contributed by atoms with Gasteiger partial charge in [-0.05, 0) is 0 Å². The van der Waals surface area contributed by atoms with Crippen molar-refractivity contribution in [3.63, 3.8) is 0 Å². The van der Waals surface area contributed by atoms with Crippen molar-refractivity contribution < 1.29 is 21.4 Å². The second-order valence-electron chi connectivity index (χ2n) is 3.99. The van der Waals surface area contributed by atoms with Crippen molar-refractivity contribution >= 4 is 19.5 Å². The minimum atomic E-state index is -11.2. The maximum Gasteiger partial charge on any atom is 0.173 e. The fourth-order valence-electron chi connectivity index (χ4n) is 1.33. The van der Waals surface area contributed by atoms with E-state index in [1.54, 1.807) is 0 Å². The first-order valence-corrected chi connectivity index (χ1v) is 11.2. The molecule has 0 amide bonds. The molecular weight excluding hydrogens is 394 g/mol. The molecule has 0 aliphatic heterocycles. The summed E-state index contributed by atoms with van der Waals surface area (Å²) < 4.78 is 61.7. The zero-order valence-corrected chi connectivity index (χ0v) is 12.7. The molecule has 2 aromatic rings. The van der Waals surface area contributed by atoms with Gasteiger partial charge in [-0.15, -0.1) is 0 Å². The Bertz CT molecular complexity index is 489. The molecule has 1 nitrogen and oxygen atoms in total. The molecule has 0 radical (unpaired) electrons. The molecular formula is C12H12F6NSb. The number of halogens is 6. The predicted octanol–water partition coefficient (Wildman–Crippen LogP) is 4.16. The van der Waals surface area contributed by atoms with E-state index in [-0.39, 0.29) is 0 Å². The Labute approximate surface area is 114 Å². The molecule has 2 rings (SSSR count). The second-order valence-corrected chi connectivity index (χ2v) is 9.46. The average molecular weight is 406 g/mol. The minimum absolute atomic E-state index is 0.946. The normalized spacial score (nSPS) is 14.5. The van der Waals surface area contributed by atoms with Gasteiger partial charge < -0.3 is 0 Å². The van der Waals surface area contributed by atoms with Crippen LogP contribution in [0.4, 0.5) is 16.9 Å². The maximum absolute atomic E-state index is 11.2. The Morgan fingerprint density at radius 2 is 1.10 bits per heavy atom. The molecule has 0 saturated heterocycles. The Hall–Kier alpha value is -1.23. The zero-order valence-electron chi connectivity index (χ0n) is 10.1. The summed E-state index contributed by atoms with van der Waals surface area (Å²) in [5.41, 5.74) is 1.33. The van der Waals surface area contributed by atoms with E-state index in [9.17, 15) is 16.9 Å². The van der Waals surface area contributed by atoms with Crippen LogP contribution in [0.15, 0.2) is 60.9 Å². The van der Waals surface area contributed by atoms with E-state index in [4.69, 9.17) is 0 Å². The van der Waals surface area contributed by atoms with Gasteiger partial charge in [-0.3, -0.25) is 0 Å². The number of nitrogens with zero attached hydrogens (tertiary/aromatic N) is 1. The SMILES string of the molecule is [F][Sb-]([F])([F])([F])([F])[F].c1ccc(C[n+]2ccccc2)cc1. The fourth-order valence-corrected chi connectivity index (χ4v) is 1.33. The van der Waals surface area contributed by atoms with E-state index in [2.05, 4.69) is 41.2 Å². The zero-order chi connectivity index (χ0) is 15.3. The molecule has 0 fully saturated rings. The van der Waals surface area contributed by atoms with E-state index in [1.807, 2.05) is 24.3 Å².